The van der Waals surface area contributed by atoms with E-state index in [-0.39, 0.29) is 17.4 Å². The molecule has 0 aromatic heterocycles. The standard InChI is InChI=1S/C26H33ClN2O4/c1-24(2,3)33-23(32)28-20(22(30)31)13-16-12-18(27)14-19-21(16)29-25(4,5)15-26(19,6)17-10-8-7-9-11-17/h7-12,14,20,29H,13,15H2,1-6H3,(H,28,32)(H,30,31)/t20-,26?/m1/s1. The molecule has 2 aromatic rings. The predicted molar refractivity (Wildman–Crippen MR) is 131 cm³/mol. The summed E-state index contributed by atoms with van der Waals surface area (Å²) in [6.07, 6.45) is 0.119. The van der Waals surface area contributed by atoms with Crippen LogP contribution in [0.1, 0.15) is 64.7 Å². The van der Waals surface area contributed by atoms with Gasteiger partial charge in [-0.1, -0.05) is 48.9 Å². The van der Waals surface area contributed by atoms with Gasteiger partial charge in [-0.15, -0.1) is 0 Å². The van der Waals surface area contributed by atoms with Gasteiger partial charge in [0.05, 0.1) is 0 Å². The van der Waals surface area contributed by atoms with Gasteiger partial charge in [-0.25, -0.2) is 9.59 Å². The summed E-state index contributed by atoms with van der Waals surface area (Å²) >= 11 is 6.54. The highest BCUT2D eigenvalue weighted by molar-refractivity contribution is 6.30. The summed E-state index contributed by atoms with van der Waals surface area (Å²) in [6, 6.07) is 12.8. The van der Waals surface area contributed by atoms with Crippen LogP contribution in [0.2, 0.25) is 5.02 Å². The van der Waals surface area contributed by atoms with Gasteiger partial charge >= 0.3 is 12.1 Å². The van der Waals surface area contributed by atoms with Crippen molar-refractivity contribution in [1.29, 1.82) is 0 Å². The minimum absolute atomic E-state index is 0.0609. The fraction of sp³-hybridized carbons (Fsp3) is 0.462. The molecule has 1 amide bonds. The molecule has 0 spiro atoms. The number of carboxylic acids is 1. The summed E-state index contributed by atoms with van der Waals surface area (Å²) in [5.74, 6) is -1.14. The maximum Gasteiger partial charge on any atom is 0.408 e. The average molecular weight is 473 g/mol. The molecule has 2 aromatic carbocycles. The van der Waals surface area contributed by atoms with Crippen molar-refractivity contribution in [1.82, 2.24) is 5.32 Å². The minimum Gasteiger partial charge on any atom is -0.480 e. The first-order valence-corrected chi connectivity index (χ1v) is 11.5. The Morgan fingerprint density at radius 1 is 1.18 bits per heavy atom. The summed E-state index contributed by atoms with van der Waals surface area (Å²) < 4.78 is 5.26. The third-order valence-corrected chi connectivity index (χ3v) is 6.08. The summed E-state index contributed by atoms with van der Waals surface area (Å²) in [7, 11) is 0. The van der Waals surface area contributed by atoms with Crippen LogP contribution >= 0.6 is 11.6 Å². The van der Waals surface area contributed by atoms with Gasteiger partial charge in [-0.2, -0.15) is 0 Å². The molecular formula is C26H33ClN2O4. The van der Waals surface area contributed by atoms with Crippen molar-refractivity contribution in [3.8, 4) is 0 Å². The maximum absolute atomic E-state index is 12.3. The number of alkyl carbamates (subject to hydrolysis) is 1. The number of amides is 1. The molecule has 3 rings (SSSR count). The van der Waals surface area contributed by atoms with Crippen molar-refractivity contribution in [2.45, 2.75) is 77.0 Å². The van der Waals surface area contributed by atoms with Gasteiger partial charge in [0.1, 0.15) is 11.6 Å². The molecule has 0 fully saturated rings. The SMILES string of the molecule is CC1(C)CC(C)(c2ccccc2)c2cc(Cl)cc(C[C@@H](NC(=O)OC(C)(C)C)C(=O)O)c2N1. The smallest absolute Gasteiger partial charge is 0.408 e. The van der Waals surface area contributed by atoms with Gasteiger partial charge in [-0.05, 0) is 69.9 Å². The van der Waals surface area contributed by atoms with Crippen LogP contribution in [0, 0.1) is 0 Å². The second kappa shape index (κ2) is 8.90. The number of hydrogen-bond donors (Lipinski definition) is 3. The fourth-order valence-corrected chi connectivity index (χ4v) is 4.94. The number of rotatable bonds is 5. The van der Waals surface area contributed by atoms with Gasteiger partial charge in [-0.3, -0.25) is 0 Å². The molecule has 33 heavy (non-hydrogen) atoms. The third-order valence-electron chi connectivity index (χ3n) is 5.86. The lowest BCUT2D eigenvalue weighted by Gasteiger charge is -2.47. The van der Waals surface area contributed by atoms with Crippen molar-refractivity contribution >= 4 is 29.4 Å². The number of nitrogens with one attached hydrogen (secondary N) is 2. The molecule has 6 nitrogen and oxygen atoms in total. The molecule has 1 heterocycles. The number of carbonyl (C=O) groups is 2. The lowest BCUT2D eigenvalue weighted by atomic mass is 9.65. The molecular weight excluding hydrogens is 440 g/mol. The van der Waals surface area contributed by atoms with Crippen LogP contribution in [-0.2, 0) is 21.4 Å². The fourth-order valence-electron chi connectivity index (χ4n) is 4.70. The average Bonchev–Trinajstić information content (AvgIpc) is 2.67. The zero-order valence-corrected chi connectivity index (χ0v) is 20.8. The zero-order chi connectivity index (χ0) is 24.6. The lowest BCUT2D eigenvalue weighted by molar-refractivity contribution is -0.139. The van der Waals surface area contributed by atoms with E-state index in [1.807, 2.05) is 24.3 Å². The number of halogens is 1. The van der Waals surface area contributed by atoms with Gasteiger partial charge in [0.15, 0.2) is 0 Å². The van der Waals surface area contributed by atoms with E-state index in [1.165, 1.54) is 0 Å². The number of benzene rings is 2. The first-order valence-electron chi connectivity index (χ1n) is 11.1. The van der Waals surface area contributed by atoms with Gasteiger partial charge < -0.3 is 20.5 Å². The number of fused-ring (bicyclic) bond motifs is 1. The first-order chi connectivity index (χ1) is 15.2. The number of anilines is 1. The van der Waals surface area contributed by atoms with E-state index in [1.54, 1.807) is 26.8 Å². The largest absolute Gasteiger partial charge is 0.480 e. The molecule has 0 aliphatic carbocycles. The van der Waals surface area contributed by atoms with Crippen LogP contribution in [0.4, 0.5) is 10.5 Å². The van der Waals surface area contributed by atoms with Crippen molar-refractivity contribution < 1.29 is 19.4 Å². The molecule has 0 saturated carbocycles. The Hall–Kier alpha value is -2.73. The summed E-state index contributed by atoms with van der Waals surface area (Å²) in [5.41, 5.74) is 2.45. The highest BCUT2D eigenvalue weighted by Gasteiger charge is 2.43. The van der Waals surface area contributed by atoms with Gasteiger partial charge in [0.2, 0.25) is 0 Å². The molecule has 1 unspecified atom stereocenters. The zero-order valence-electron chi connectivity index (χ0n) is 20.1. The minimum atomic E-state index is -1.17. The van der Waals surface area contributed by atoms with Gasteiger partial charge in [0, 0.05) is 28.1 Å². The molecule has 7 heteroatoms. The number of ether oxygens (including phenoxy) is 1. The Labute approximate surface area is 200 Å². The van der Waals surface area contributed by atoms with E-state index >= 15 is 0 Å². The number of carboxylic acid groups (broad SMARTS) is 1. The van der Waals surface area contributed by atoms with E-state index in [0.717, 1.165) is 28.8 Å². The molecule has 0 radical (unpaired) electrons. The Morgan fingerprint density at radius 3 is 2.39 bits per heavy atom. The molecule has 2 atom stereocenters. The van der Waals surface area contributed by atoms with E-state index in [2.05, 4.69) is 43.5 Å². The van der Waals surface area contributed by atoms with Crippen LogP contribution in [-0.4, -0.2) is 34.4 Å². The monoisotopic (exact) mass is 472 g/mol. The Bertz CT molecular complexity index is 1050. The third kappa shape index (κ3) is 5.80. The van der Waals surface area contributed by atoms with Crippen molar-refractivity contribution in [2.24, 2.45) is 0 Å². The molecule has 178 valence electrons. The topological polar surface area (TPSA) is 87.7 Å². The lowest BCUT2D eigenvalue weighted by Crippen LogP contribution is -2.47. The van der Waals surface area contributed by atoms with E-state index in [4.69, 9.17) is 16.3 Å². The Morgan fingerprint density at radius 2 is 1.82 bits per heavy atom. The highest BCUT2D eigenvalue weighted by atomic mass is 35.5. The van der Waals surface area contributed by atoms with Crippen molar-refractivity contribution in [2.75, 3.05) is 5.32 Å². The second-order valence-electron chi connectivity index (χ2n) is 10.6. The Balaban J connectivity index is 2.04. The molecule has 0 bridgehead atoms. The normalized spacial score (nSPS) is 20.2. The molecule has 3 N–H and O–H groups in total. The maximum atomic E-state index is 12.3. The van der Waals surface area contributed by atoms with Crippen LogP contribution < -0.4 is 10.6 Å². The Kier molecular flexibility index (Phi) is 6.72. The van der Waals surface area contributed by atoms with Gasteiger partial charge in [0.25, 0.3) is 0 Å². The molecule has 1 aliphatic heterocycles. The van der Waals surface area contributed by atoms with Crippen LogP contribution in [0.5, 0.6) is 0 Å². The van der Waals surface area contributed by atoms with Crippen molar-refractivity contribution in [3.63, 3.8) is 0 Å². The number of aliphatic carboxylic acids is 1. The number of carbonyl (C=O) groups excluding carboxylic acids is 1. The molecule has 0 saturated heterocycles. The van der Waals surface area contributed by atoms with E-state index < -0.39 is 23.7 Å². The second-order valence-corrected chi connectivity index (χ2v) is 11.0. The highest BCUT2D eigenvalue weighted by Crippen LogP contribution is 2.49. The number of hydrogen-bond acceptors (Lipinski definition) is 4. The van der Waals surface area contributed by atoms with Crippen LogP contribution in [0.15, 0.2) is 42.5 Å². The predicted octanol–water partition coefficient (Wildman–Crippen LogP) is 5.76. The van der Waals surface area contributed by atoms with E-state index in [9.17, 15) is 14.7 Å². The first kappa shape index (κ1) is 24.9. The van der Waals surface area contributed by atoms with E-state index in [0.29, 0.717) is 5.02 Å². The summed E-state index contributed by atoms with van der Waals surface area (Å²) in [6.45, 7) is 11.6. The van der Waals surface area contributed by atoms with Crippen LogP contribution in [0.25, 0.3) is 0 Å². The quantitative estimate of drug-likeness (QED) is 0.514. The summed E-state index contributed by atoms with van der Waals surface area (Å²) in [4.78, 5) is 24.3. The van der Waals surface area contributed by atoms with Crippen LogP contribution in [0.3, 0.4) is 0 Å². The van der Waals surface area contributed by atoms with Crippen molar-refractivity contribution in [3.05, 3.63) is 64.2 Å². The summed E-state index contributed by atoms with van der Waals surface area (Å²) in [5, 5.41) is 16.4. The molecule has 1 aliphatic rings.